The van der Waals surface area contributed by atoms with Crippen LogP contribution in [-0.4, -0.2) is 23.5 Å². The Hall–Kier alpha value is -1.91. The Labute approximate surface area is 83.0 Å². The molecule has 0 saturated heterocycles. The molecule has 0 aliphatic heterocycles. The lowest BCUT2D eigenvalue weighted by Gasteiger charge is -2.12. The zero-order valence-electron chi connectivity index (χ0n) is 7.94. The molecule has 14 heavy (non-hydrogen) atoms. The summed E-state index contributed by atoms with van der Waals surface area (Å²) in [6.07, 6.45) is 1.59. The van der Waals surface area contributed by atoms with Crippen molar-refractivity contribution >= 4 is 0 Å². The predicted octanol–water partition coefficient (Wildman–Crippen LogP) is 0.909. The first-order valence-corrected chi connectivity index (χ1v) is 4.17. The molecule has 0 N–H and O–H groups in total. The van der Waals surface area contributed by atoms with Gasteiger partial charge in [-0.2, -0.15) is 10.5 Å². The first-order valence-electron chi connectivity index (χ1n) is 4.17. The molecule has 4 heteroatoms. The number of nitriles is 2. The summed E-state index contributed by atoms with van der Waals surface area (Å²) in [5, 5.41) is 17.2. The van der Waals surface area contributed by atoms with E-state index in [1.54, 1.807) is 12.3 Å². The van der Waals surface area contributed by atoms with Crippen LogP contribution < -0.4 is 0 Å². The van der Waals surface area contributed by atoms with E-state index in [1.165, 1.54) is 0 Å². The van der Waals surface area contributed by atoms with Crippen molar-refractivity contribution in [3.8, 4) is 12.1 Å². The van der Waals surface area contributed by atoms with Crippen LogP contribution in [0.4, 0.5) is 0 Å². The van der Waals surface area contributed by atoms with Crippen molar-refractivity contribution in [2.24, 2.45) is 0 Å². The summed E-state index contributed by atoms with van der Waals surface area (Å²) in [5.41, 5.74) is 1.28. The molecule has 1 aromatic heterocycles. The molecule has 0 bridgehead atoms. The minimum Gasteiger partial charge on any atom is -0.289 e. The molecule has 0 aromatic carbocycles. The molecule has 1 rings (SSSR count). The van der Waals surface area contributed by atoms with E-state index in [1.807, 2.05) is 30.2 Å². The Morgan fingerprint density at radius 1 is 1.50 bits per heavy atom. The molecular weight excluding hydrogens is 176 g/mol. The third-order valence-corrected chi connectivity index (χ3v) is 1.78. The van der Waals surface area contributed by atoms with Gasteiger partial charge in [-0.3, -0.25) is 4.90 Å². The lowest BCUT2D eigenvalue weighted by Crippen LogP contribution is -2.18. The Bertz CT molecular complexity index is 386. The number of hydrogen-bond donors (Lipinski definition) is 0. The van der Waals surface area contributed by atoms with Crippen LogP contribution >= 0.6 is 0 Å². The molecule has 1 aromatic rings. The maximum Gasteiger partial charge on any atom is 0.144 e. The molecule has 70 valence electrons. The monoisotopic (exact) mass is 186 g/mol. The number of hydrogen-bond acceptors (Lipinski definition) is 4. The van der Waals surface area contributed by atoms with E-state index in [0.29, 0.717) is 18.8 Å². The molecular formula is C10H10N4. The first-order chi connectivity index (χ1) is 6.77. The summed E-state index contributed by atoms with van der Waals surface area (Å²) in [4.78, 5) is 5.77. The van der Waals surface area contributed by atoms with Gasteiger partial charge in [-0.15, -0.1) is 0 Å². The molecule has 0 unspecified atom stereocenters. The van der Waals surface area contributed by atoms with Crippen molar-refractivity contribution in [3.05, 3.63) is 29.6 Å². The number of rotatable bonds is 3. The Balaban J connectivity index is 2.77. The first kappa shape index (κ1) is 10.2. The predicted molar refractivity (Wildman–Crippen MR) is 50.9 cm³/mol. The Morgan fingerprint density at radius 3 is 2.93 bits per heavy atom. The van der Waals surface area contributed by atoms with Crippen LogP contribution in [0.1, 0.15) is 11.3 Å². The second kappa shape index (κ2) is 4.96. The molecule has 0 amide bonds. The SMILES string of the molecule is CN(CC#N)Cc1cccnc1C#N. The number of aromatic nitrogens is 1. The van der Waals surface area contributed by atoms with E-state index in [2.05, 4.69) is 4.98 Å². The fraction of sp³-hybridized carbons (Fsp3) is 0.300. The van der Waals surface area contributed by atoms with Crippen LogP contribution in [0.25, 0.3) is 0 Å². The van der Waals surface area contributed by atoms with Gasteiger partial charge >= 0.3 is 0 Å². The van der Waals surface area contributed by atoms with Crippen molar-refractivity contribution in [1.29, 1.82) is 10.5 Å². The Morgan fingerprint density at radius 2 is 2.29 bits per heavy atom. The third kappa shape index (κ3) is 2.55. The maximum atomic E-state index is 8.77. The van der Waals surface area contributed by atoms with E-state index < -0.39 is 0 Å². The summed E-state index contributed by atoms with van der Waals surface area (Å²) in [5.74, 6) is 0. The molecule has 0 saturated carbocycles. The fourth-order valence-corrected chi connectivity index (χ4v) is 1.13. The van der Waals surface area contributed by atoms with Crippen LogP contribution in [0.15, 0.2) is 18.3 Å². The summed E-state index contributed by atoms with van der Waals surface area (Å²) < 4.78 is 0. The van der Waals surface area contributed by atoms with Gasteiger partial charge in [0.1, 0.15) is 11.8 Å². The molecule has 0 atom stereocenters. The van der Waals surface area contributed by atoms with Crippen molar-refractivity contribution in [3.63, 3.8) is 0 Å². The summed E-state index contributed by atoms with van der Waals surface area (Å²) in [7, 11) is 1.83. The average molecular weight is 186 g/mol. The fourth-order valence-electron chi connectivity index (χ4n) is 1.13. The van der Waals surface area contributed by atoms with Gasteiger partial charge in [0, 0.05) is 18.3 Å². The van der Waals surface area contributed by atoms with Crippen LogP contribution in [-0.2, 0) is 6.54 Å². The van der Waals surface area contributed by atoms with Gasteiger partial charge < -0.3 is 0 Å². The smallest absolute Gasteiger partial charge is 0.144 e. The summed E-state index contributed by atoms with van der Waals surface area (Å²) >= 11 is 0. The van der Waals surface area contributed by atoms with E-state index >= 15 is 0 Å². The van der Waals surface area contributed by atoms with Crippen LogP contribution in [0.2, 0.25) is 0 Å². The largest absolute Gasteiger partial charge is 0.289 e. The van der Waals surface area contributed by atoms with Gasteiger partial charge in [-0.1, -0.05) is 6.07 Å². The number of pyridine rings is 1. The van der Waals surface area contributed by atoms with Gasteiger partial charge in [0.2, 0.25) is 0 Å². The minimum atomic E-state index is 0.347. The minimum absolute atomic E-state index is 0.347. The highest BCUT2D eigenvalue weighted by Crippen LogP contribution is 2.06. The van der Waals surface area contributed by atoms with Crippen LogP contribution in [0, 0.1) is 22.7 Å². The summed E-state index contributed by atoms with van der Waals surface area (Å²) in [6, 6.07) is 7.70. The van der Waals surface area contributed by atoms with Crippen LogP contribution in [0.5, 0.6) is 0 Å². The Kier molecular flexibility index (Phi) is 3.60. The highest BCUT2D eigenvalue weighted by Gasteiger charge is 2.04. The third-order valence-electron chi connectivity index (χ3n) is 1.78. The second-order valence-electron chi connectivity index (χ2n) is 2.95. The van der Waals surface area contributed by atoms with Gasteiger partial charge in [-0.05, 0) is 13.1 Å². The standard InChI is InChI=1S/C10H10N4/c1-14(6-4-11)8-9-3-2-5-13-10(9)7-12/h2-3,5H,6,8H2,1H3. The van der Waals surface area contributed by atoms with E-state index in [9.17, 15) is 0 Å². The van der Waals surface area contributed by atoms with Gasteiger partial charge in [-0.25, -0.2) is 4.98 Å². The van der Waals surface area contributed by atoms with E-state index in [4.69, 9.17) is 10.5 Å². The summed E-state index contributed by atoms with van der Waals surface area (Å²) in [6.45, 7) is 0.921. The van der Waals surface area contributed by atoms with E-state index in [-0.39, 0.29) is 0 Å². The highest BCUT2D eigenvalue weighted by atomic mass is 15.1. The molecule has 1 heterocycles. The zero-order valence-corrected chi connectivity index (χ0v) is 7.94. The van der Waals surface area contributed by atoms with Crippen LogP contribution in [0.3, 0.4) is 0 Å². The van der Waals surface area contributed by atoms with Gasteiger partial charge in [0.25, 0.3) is 0 Å². The quantitative estimate of drug-likeness (QED) is 0.658. The van der Waals surface area contributed by atoms with Crippen molar-refractivity contribution in [1.82, 2.24) is 9.88 Å². The topological polar surface area (TPSA) is 63.7 Å². The normalized spacial score (nSPS) is 9.43. The van der Waals surface area contributed by atoms with Crippen molar-refractivity contribution in [2.75, 3.05) is 13.6 Å². The maximum absolute atomic E-state index is 8.77. The highest BCUT2D eigenvalue weighted by molar-refractivity contribution is 5.30. The van der Waals surface area contributed by atoms with Gasteiger partial charge in [0.15, 0.2) is 0 Å². The molecule has 0 aliphatic rings. The van der Waals surface area contributed by atoms with Crippen molar-refractivity contribution < 1.29 is 0 Å². The molecule has 4 nitrogen and oxygen atoms in total. The molecule has 0 fully saturated rings. The lowest BCUT2D eigenvalue weighted by molar-refractivity contribution is 0.366. The lowest BCUT2D eigenvalue weighted by atomic mass is 10.2. The zero-order chi connectivity index (χ0) is 10.4. The average Bonchev–Trinajstić information content (AvgIpc) is 2.19. The van der Waals surface area contributed by atoms with Gasteiger partial charge in [0.05, 0.1) is 12.6 Å². The molecule has 0 aliphatic carbocycles. The van der Waals surface area contributed by atoms with E-state index in [0.717, 1.165) is 5.56 Å². The van der Waals surface area contributed by atoms with Crippen molar-refractivity contribution in [2.45, 2.75) is 6.54 Å². The second-order valence-corrected chi connectivity index (χ2v) is 2.95. The molecule has 0 spiro atoms. The number of nitrogens with zero attached hydrogens (tertiary/aromatic N) is 4. The molecule has 0 radical (unpaired) electrons.